The molecular weight excluding hydrogens is 349 g/mol. The third-order valence-electron chi connectivity index (χ3n) is 4.24. The summed E-state index contributed by atoms with van der Waals surface area (Å²) < 4.78 is 48.8. The molecule has 1 aromatic heterocycles. The topological polar surface area (TPSA) is 55.6 Å². The van der Waals surface area contributed by atoms with Gasteiger partial charge in [0.25, 0.3) is 0 Å². The van der Waals surface area contributed by atoms with Crippen LogP contribution >= 0.6 is 0 Å². The van der Waals surface area contributed by atoms with Gasteiger partial charge in [0.2, 0.25) is 5.91 Å². The van der Waals surface area contributed by atoms with Gasteiger partial charge in [-0.3, -0.25) is 4.79 Å². The van der Waals surface area contributed by atoms with Crippen LogP contribution in [0.4, 0.5) is 13.2 Å². The summed E-state index contributed by atoms with van der Waals surface area (Å²) in [5.74, 6) is 0.544. The fraction of sp³-hybridized carbons (Fsp3) is 0.444. The fourth-order valence-corrected chi connectivity index (χ4v) is 2.86. The summed E-state index contributed by atoms with van der Waals surface area (Å²) in [5, 5.41) is 4.00. The van der Waals surface area contributed by atoms with Crippen LogP contribution in [0.2, 0.25) is 0 Å². The van der Waals surface area contributed by atoms with Crippen molar-refractivity contribution in [2.24, 2.45) is 0 Å². The second-order valence-electron chi connectivity index (χ2n) is 6.13. The minimum absolute atomic E-state index is 0.0179. The van der Waals surface area contributed by atoms with Gasteiger partial charge in [-0.1, -0.05) is 24.2 Å². The Bertz CT molecular complexity index is 769. The number of carbonyl (C=O) groups excluding carboxylic acids is 1. The van der Waals surface area contributed by atoms with Crippen LogP contribution in [0.1, 0.15) is 30.2 Å². The summed E-state index contributed by atoms with van der Waals surface area (Å²) >= 11 is 0. The molecule has 0 fully saturated rings. The summed E-state index contributed by atoms with van der Waals surface area (Å²) in [7, 11) is 0. The largest absolute Gasteiger partial charge is 0.416 e. The molecule has 0 saturated carbocycles. The van der Waals surface area contributed by atoms with Gasteiger partial charge in [-0.05, 0) is 18.6 Å². The zero-order chi connectivity index (χ0) is 18.7. The molecule has 1 aromatic carbocycles. The lowest BCUT2D eigenvalue weighted by Crippen LogP contribution is -2.38. The highest BCUT2D eigenvalue weighted by Crippen LogP contribution is 2.33. The van der Waals surface area contributed by atoms with Gasteiger partial charge in [0, 0.05) is 30.7 Å². The number of rotatable bonds is 5. The molecule has 1 aliphatic heterocycles. The van der Waals surface area contributed by atoms with Gasteiger partial charge in [-0.25, -0.2) is 0 Å². The molecule has 3 rings (SSSR count). The first-order valence-corrected chi connectivity index (χ1v) is 8.40. The Kier molecular flexibility index (Phi) is 5.31. The van der Waals surface area contributed by atoms with Crippen LogP contribution < -0.4 is 0 Å². The van der Waals surface area contributed by atoms with Crippen molar-refractivity contribution in [1.29, 1.82) is 0 Å². The molecule has 5 nitrogen and oxygen atoms in total. The van der Waals surface area contributed by atoms with E-state index in [2.05, 4.69) is 5.16 Å². The molecule has 1 aliphatic rings. The van der Waals surface area contributed by atoms with Crippen molar-refractivity contribution in [3.8, 4) is 11.3 Å². The van der Waals surface area contributed by atoms with Gasteiger partial charge in [-0.2, -0.15) is 13.2 Å². The number of alkyl halides is 3. The summed E-state index contributed by atoms with van der Waals surface area (Å²) in [4.78, 5) is 13.9. The molecular formula is C18H19F3N2O3. The number of fused-ring (bicyclic) bond motifs is 1. The van der Waals surface area contributed by atoms with E-state index < -0.39 is 11.7 Å². The molecule has 8 heteroatoms. The first kappa shape index (κ1) is 18.4. The van der Waals surface area contributed by atoms with Crippen molar-refractivity contribution in [2.75, 3.05) is 19.8 Å². The Morgan fingerprint density at radius 1 is 1.31 bits per heavy atom. The third kappa shape index (κ3) is 3.90. The normalized spacial score (nSPS) is 14.4. The summed E-state index contributed by atoms with van der Waals surface area (Å²) in [6.45, 7) is 3.32. The van der Waals surface area contributed by atoms with Crippen molar-refractivity contribution in [3.05, 3.63) is 41.2 Å². The number of benzene rings is 1. The average Bonchev–Trinajstić information content (AvgIpc) is 3.04. The minimum atomic E-state index is -4.39. The summed E-state index contributed by atoms with van der Waals surface area (Å²) in [6, 6.07) is 4.76. The average molecular weight is 368 g/mol. The molecule has 1 amide bonds. The number of hydrogen-bond acceptors (Lipinski definition) is 4. The van der Waals surface area contributed by atoms with Gasteiger partial charge in [0.1, 0.15) is 18.1 Å². The molecule has 2 heterocycles. The van der Waals surface area contributed by atoms with E-state index >= 15 is 0 Å². The predicted molar refractivity (Wildman–Crippen MR) is 87.2 cm³/mol. The Balaban J connectivity index is 1.77. The predicted octanol–water partition coefficient (Wildman–Crippen LogP) is 3.67. The third-order valence-corrected chi connectivity index (χ3v) is 4.24. The quantitative estimate of drug-likeness (QED) is 0.756. The van der Waals surface area contributed by atoms with Gasteiger partial charge >= 0.3 is 6.18 Å². The summed E-state index contributed by atoms with van der Waals surface area (Å²) in [5.41, 5.74) is 1.02. The Labute approximate surface area is 148 Å². The van der Waals surface area contributed by atoms with Crippen LogP contribution in [0.5, 0.6) is 0 Å². The van der Waals surface area contributed by atoms with Crippen molar-refractivity contribution < 1.29 is 27.2 Å². The van der Waals surface area contributed by atoms with Crippen molar-refractivity contribution in [3.63, 3.8) is 0 Å². The van der Waals surface area contributed by atoms with E-state index in [1.165, 1.54) is 12.1 Å². The summed E-state index contributed by atoms with van der Waals surface area (Å²) in [6.07, 6.45) is -3.03. The van der Waals surface area contributed by atoms with E-state index in [0.717, 1.165) is 24.1 Å². The molecule has 0 atom stereocenters. The van der Waals surface area contributed by atoms with Crippen molar-refractivity contribution in [2.45, 2.75) is 32.5 Å². The highest BCUT2D eigenvalue weighted by Gasteiger charge is 2.31. The van der Waals surface area contributed by atoms with Crippen molar-refractivity contribution in [1.82, 2.24) is 10.1 Å². The zero-order valence-corrected chi connectivity index (χ0v) is 14.3. The van der Waals surface area contributed by atoms with Gasteiger partial charge in [0.15, 0.2) is 0 Å². The number of nitrogens with zero attached hydrogens (tertiary/aromatic N) is 2. The first-order valence-electron chi connectivity index (χ1n) is 8.40. The van der Waals surface area contributed by atoms with E-state index in [1.54, 1.807) is 4.90 Å². The molecule has 140 valence electrons. The van der Waals surface area contributed by atoms with Crippen LogP contribution in [-0.4, -0.2) is 35.7 Å². The van der Waals surface area contributed by atoms with Gasteiger partial charge in [0.05, 0.1) is 12.1 Å². The van der Waals surface area contributed by atoms with E-state index in [0.29, 0.717) is 43.1 Å². The lowest BCUT2D eigenvalue weighted by molar-refractivity contribution is -0.138. The second kappa shape index (κ2) is 7.49. The van der Waals surface area contributed by atoms with E-state index in [1.807, 2.05) is 6.92 Å². The molecule has 0 spiro atoms. The maximum absolute atomic E-state index is 12.7. The van der Waals surface area contributed by atoms with Crippen LogP contribution in [-0.2, 0) is 28.7 Å². The zero-order valence-electron chi connectivity index (χ0n) is 14.3. The fourth-order valence-electron chi connectivity index (χ4n) is 2.86. The van der Waals surface area contributed by atoms with Crippen LogP contribution in [0.25, 0.3) is 11.3 Å². The maximum atomic E-state index is 12.7. The number of aromatic nitrogens is 1. The molecule has 0 saturated heterocycles. The Morgan fingerprint density at radius 3 is 2.69 bits per heavy atom. The number of hydrogen-bond donors (Lipinski definition) is 0. The monoisotopic (exact) mass is 368 g/mol. The number of ether oxygens (including phenoxy) is 1. The van der Waals surface area contributed by atoms with Crippen LogP contribution in [0.15, 0.2) is 28.8 Å². The van der Waals surface area contributed by atoms with Crippen LogP contribution in [0, 0.1) is 0 Å². The van der Waals surface area contributed by atoms with E-state index in [-0.39, 0.29) is 12.5 Å². The lowest BCUT2D eigenvalue weighted by atomic mass is 10.0. The second-order valence-corrected chi connectivity index (χ2v) is 6.13. The Morgan fingerprint density at radius 2 is 2.04 bits per heavy atom. The Hall–Kier alpha value is -2.35. The first-order chi connectivity index (χ1) is 12.4. The van der Waals surface area contributed by atoms with Gasteiger partial charge in [-0.15, -0.1) is 0 Å². The standard InChI is InChI=1S/C18H19F3N2O3/c1-2-9-25-11-16(24)23-8-7-15-14(10-23)17(22-26-15)12-3-5-13(6-4-12)18(19,20)21/h3-6H,2,7-11H2,1H3. The number of amides is 1. The molecule has 2 aromatic rings. The number of carbonyl (C=O) groups is 1. The minimum Gasteiger partial charge on any atom is -0.372 e. The molecule has 0 bridgehead atoms. The molecule has 26 heavy (non-hydrogen) atoms. The van der Waals surface area contributed by atoms with E-state index in [9.17, 15) is 18.0 Å². The van der Waals surface area contributed by atoms with E-state index in [4.69, 9.17) is 9.26 Å². The van der Waals surface area contributed by atoms with Crippen molar-refractivity contribution >= 4 is 5.91 Å². The highest BCUT2D eigenvalue weighted by atomic mass is 19.4. The van der Waals surface area contributed by atoms with Gasteiger partial charge < -0.3 is 14.2 Å². The smallest absolute Gasteiger partial charge is 0.372 e. The molecule has 0 radical (unpaired) electrons. The molecule has 0 unspecified atom stereocenters. The molecule has 0 aliphatic carbocycles. The maximum Gasteiger partial charge on any atom is 0.416 e. The SMILES string of the molecule is CCCOCC(=O)N1CCc2onc(-c3ccc(C(F)(F)F)cc3)c2C1. The lowest BCUT2D eigenvalue weighted by Gasteiger charge is -2.26. The van der Waals surface area contributed by atoms with Crippen LogP contribution in [0.3, 0.4) is 0 Å². The number of halogens is 3. The molecule has 0 N–H and O–H groups in total. The highest BCUT2D eigenvalue weighted by molar-refractivity contribution is 5.78.